The summed E-state index contributed by atoms with van der Waals surface area (Å²) in [6, 6.07) is 4.02. The van der Waals surface area contributed by atoms with Gasteiger partial charge in [-0.25, -0.2) is 9.18 Å². The number of piperazine rings is 1. The highest BCUT2D eigenvalue weighted by molar-refractivity contribution is 5.89. The van der Waals surface area contributed by atoms with Gasteiger partial charge in [0.15, 0.2) is 0 Å². The van der Waals surface area contributed by atoms with Gasteiger partial charge in [-0.3, -0.25) is 4.90 Å². The van der Waals surface area contributed by atoms with Crippen molar-refractivity contribution in [1.82, 2.24) is 9.80 Å². The molecule has 0 amide bonds. The van der Waals surface area contributed by atoms with Crippen LogP contribution in [-0.4, -0.2) is 53.6 Å². The topological polar surface area (TPSA) is 43.8 Å². The van der Waals surface area contributed by atoms with Gasteiger partial charge in [-0.1, -0.05) is 19.9 Å². The molecule has 21 heavy (non-hydrogen) atoms. The first-order valence-electron chi connectivity index (χ1n) is 7.42. The third-order valence-electron chi connectivity index (χ3n) is 3.78. The fraction of sp³-hybridized carbons (Fsp3) is 0.562. The minimum absolute atomic E-state index is 0.0691. The van der Waals surface area contributed by atoms with E-state index in [0.29, 0.717) is 18.0 Å². The maximum absolute atomic E-state index is 13.2. The normalized spacial score (nSPS) is 17.3. The number of carboxylic acids is 1. The van der Waals surface area contributed by atoms with Gasteiger partial charge in [0, 0.05) is 39.3 Å². The van der Waals surface area contributed by atoms with E-state index in [1.807, 2.05) is 0 Å². The maximum atomic E-state index is 13.2. The minimum atomic E-state index is -1.07. The number of benzene rings is 1. The zero-order valence-corrected chi connectivity index (χ0v) is 12.7. The van der Waals surface area contributed by atoms with E-state index < -0.39 is 11.8 Å². The number of carboxylic acid groups (broad SMARTS) is 1. The molecule has 2 rings (SSSR count). The molecule has 1 aromatic rings. The maximum Gasteiger partial charge on any atom is 0.336 e. The molecule has 1 heterocycles. The van der Waals surface area contributed by atoms with Gasteiger partial charge in [-0.05, 0) is 23.6 Å². The molecule has 0 unspecified atom stereocenters. The number of halogens is 1. The van der Waals surface area contributed by atoms with E-state index >= 15 is 0 Å². The SMILES string of the molecule is CC(C)CN1CCN(Cc2ccc(F)cc2C(=O)O)CC1. The van der Waals surface area contributed by atoms with Crippen LogP contribution in [0, 0.1) is 11.7 Å². The Hall–Kier alpha value is -1.46. The van der Waals surface area contributed by atoms with Gasteiger partial charge in [0.1, 0.15) is 5.82 Å². The van der Waals surface area contributed by atoms with Crippen LogP contribution in [0.1, 0.15) is 29.8 Å². The zero-order valence-electron chi connectivity index (χ0n) is 12.7. The van der Waals surface area contributed by atoms with E-state index in [1.54, 1.807) is 6.07 Å². The second kappa shape index (κ2) is 7.00. The molecule has 4 nitrogen and oxygen atoms in total. The van der Waals surface area contributed by atoms with Gasteiger partial charge in [0.25, 0.3) is 0 Å². The molecule has 0 bridgehead atoms. The zero-order chi connectivity index (χ0) is 15.4. The summed E-state index contributed by atoms with van der Waals surface area (Å²) in [5.74, 6) is -0.909. The van der Waals surface area contributed by atoms with Gasteiger partial charge >= 0.3 is 5.97 Å². The predicted molar refractivity (Wildman–Crippen MR) is 79.9 cm³/mol. The van der Waals surface area contributed by atoms with Crippen LogP contribution in [0.3, 0.4) is 0 Å². The highest BCUT2D eigenvalue weighted by Gasteiger charge is 2.19. The predicted octanol–water partition coefficient (Wildman–Crippen LogP) is 2.30. The van der Waals surface area contributed by atoms with Gasteiger partial charge in [0.2, 0.25) is 0 Å². The molecule has 0 saturated carbocycles. The first-order valence-corrected chi connectivity index (χ1v) is 7.42. The summed E-state index contributed by atoms with van der Waals surface area (Å²) in [6.45, 7) is 9.94. The van der Waals surface area contributed by atoms with Crippen molar-refractivity contribution >= 4 is 5.97 Å². The van der Waals surface area contributed by atoms with Crippen molar-refractivity contribution in [3.8, 4) is 0 Å². The van der Waals surface area contributed by atoms with E-state index in [2.05, 4.69) is 23.6 Å². The molecule has 116 valence electrons. The lowest BCUT2D eigenvalue weighted by Crippen LogP contribution is -2.47. The second-order valence-electron chi connectivity index (χ2n) is 6.08. The molecule has 0 atom stereocenters. The molecule has 1 aliphatic heterocycles. The first kappa shape index (κ1) is 15.9. The summed E-state index contributed by atoms with van der Waals surface area (Å²) < 4.78 is 13.2. The third kappa shape index (κ3) is 4.51. The van der Waals surface area contributed by atoms with Crippen LogP contribution in [0.5, 0.6) is 0 Å². The van der Waals surface area contributed by atoms with E-state index in [1.165, 1.54) is 6.07 Å². The second-order valence-corrected chi connectivity index (χ2v) is 6.08. The Morgan fingerprint density at radius 2 is 1.86 bits per heavy atom. The quantitative estimate of drug-likeness (QED) is 0.905. The molecule has 1 aliphatic rings. The molecule has 0 spiro atoms. The average molecular weight is 294 g/mol. The van der Waals surface area contributed by atoms with Gasteiger partial charge in [0.05, 0.1) is 5.56 Å². The van der Waals surface area contributed by atoms with Crippen molar-refractivity contribution in [2.24, 2.45) is 5.92 Å². The van der Waals surface area contributed by atoms with Crippen LogP contribution in [0.25, 0.3) is 0 Å². The van der Waals surface area contributed by atoms with E-state index in [9.17, 15) is 9.18 Å². The van der Waals surface area contributed by atoms with Gasteiger partial charge in [-0.2, -0.15) is 0 Å². The molecule has 1 aromatic carbocycles. The number of aromatic carboxylic acids is 1. The molecule has 0 radical (unpaired) electrons. The number of carbonyl (C=O) groups is 1. The van der Waals surface area contributed by atoms with Crippen LogP contribution >= 0.6 is 0 Å². The number of hydrogen-bond acceptors (Lipinski definition) is 3. The van der Waals surface area contributed by atoms with Crippen molar-refractivity contribution in [2.45, 2.75) is 20.4 Å². The van der Waals surface area contributed by atoms with Crippen LogP contribution in [0.2, 0.25) is 0 Å². The summed E-state index contributed by atoms with van der Waals surface area (Å²) >= 11 is 0. The van der Waals surface area contributed by atoms with Crippen molar-refractivity contribution in [3.63, 3.8) is 0 Å². The van der Waals surface area contributed by atoms with Crippen molar-refractivity contribution in [1.29, 1.82) is 0 Å². The molecule has 0 aromatic heterocycles. The van der Waals surface area contributed by atoms with E-state index in [4.69, 9.17) is 5.11 Å². The number of hydrogen-bond donors (Lipinski definition) is 1. The van der Waals surface area contributed by atoms with Crippen molar-refractivity contribution in [2.75, 3.05) is 32.7 Å². The summed E-state index contributed by atoms with van der Waals surface area (Å²) in [6.07, 6.45) is 0. The van der Waals surface area contributed by atoms with Gasteiger partial charge in [-0.15, -0.1) is 0 Å². The Bertz CT molecular complexity index is 497. The van der Waals surface area contributed by atoms with Gasteiger partial charge < -0.3 is 10.0 Å². The van der Waals surface area contributed by atoms with E-state index in [-0.39, 0.29) is 5.56 Å². The Balaban J connectivity index is 1.96. The molecular formula is C16H23FN2O2. The Kier molecular flexibility index (Phi) is 5.31. The highest BCUT2D eigenvalue weighted by atomic mass is 19.1. The number of rotatable bonds is 5. The Labute approximate surface area is 125 Å². The lowest BCUT2D eigenvalue weighted by Gasteiger charge is -2.35. The molecule has 1 N–H and O–H groups in total. The first-order chi connectivity index (χ1) is 9.95. The number of nitrogens with zero attached hydrogens (tertiary/aromatic N) is 2. The van der Waals surface area contributed by atoms with Crippen LogP contribution in [0.15, 0.2) is 18.2 Å². The largest absolute Gasteiger partial charge is 0.478 e. The smallest absolute Gasteiger partial charge is 0.336 e. The summed E-state index contributed by atoms with van der Waals surface area (Å²) in [5, 5.41) is 9.17. The molecular weight excluding hydrogens is 271 g/mol. The monoisotopic (exact) mass is 294 g/mol. The highest BCUT2D eigenvalue weighted by Crippen LogP contribution is 2.16. The average Bonchev–Trinajstić information content (AvgIpc) is 2.42. The van der Waals surface area contributed by atoms with Crippen LogP contribution in [-0.2, 0) is 6.54 Å². The molecule has 5 heteroatoms. The fourth-order valence-corrected chi connectivity index (χ4v) is 2.77. The van der Waals surface area contributed by atoms with Crippen molar-refractivity contribution in [3.05, 3.63) is 35.1 Å². The standard InChI is InChI=1S/C16H23FN2O2/c1-12(2)10-18-5-7-19(8-6-18)11-13-3-4-14(17)9-15(13)16(20)21/h3-4,9,12H,5-8,10-11H2,1-2H3,(H,20,21). The summed E-state index contributed by atoms with van der Waals surface area (Å²) in [7, 11) is 0. The Morgan fingerprint density at radius 3 is 2.43 bits per heavy atom. The van der Waals surface area contributed by atoms with Crippen LogP contribution in [0.4, 0.5) is 4.39 Å². The fourth-order valence-electron chi connectivity index (χ4n) is 2.77. The van der Waals surface area contributed by atoms with Crippen LogP contribution < -0.4 is 0 Å². The lowest BCUT2D eigenvalue weighted by atomic mass is 10.1. The third-order valence-corrected chi connectivity index (χ3v) is 3.78. The van der Waals surface area contributed by atoms with E-state index in [0.717, 1.165) is 38.8 Å². The summed E-state index contributed by atoms with van der Waals surface area (Å²) in [5.41, 5.74) is 0.751. The Morgan fingerprint density at radius 1 is 1.24 bits per heavy atom. The molecule has 0 aliphatic carbocycles. The molecule has 1 fully saturated rings. The minimum Gasteiger partial charge on any atom is -0.478 e. The lowest BCUT2D eigenvalue weighted by molar-refractivity contribution is 0.0691. The van der Waals surface area contributed by atoms with Crippen molar-refractivity contribution < 1.29 is 14.3 Å². The summed E-state index contributed by atoms with van der Waals surface area (Å²) in [4.78, 5) is 15.9. The molecule has 1 saturated heterocycles.